The summed E-state index contributed by atoms with van der Waals surface area (Å²) in [7, 11) is 1.50. The molecular formula is C23H26ClN3O2. The van der Waals surface area contributed by atoms with Crippen molar-refractivity contribution in [2.24, 2.45) is 0 Å². The second-order valence-electron chi connectivity index (χ2n) is 6.55. The largest absolute Gasteiger partial charge is 0.495 e. The normalized spacial score (nSPS) is 10.9. The molecule has 29 heavy (non-hydrogen) atoms. The highest BCUT2D eigenvalue weighted by Crippen LogP contribution is 2.28. The van der Waals surface area contributed by atoms with E-state index in [-0.39, 0.29) is 5.57 Å². The van der Waals surface area contributed by atoms with Gasteiger partial charge in [0.1, 0.15) is 17.4 Å². The van der Waals surface area contributed by atoms with E-state index in [1.54, 1.807) is 24.3 Å². The first-order valence-corrected chi connectivity index (χ1v) is 10.0. The number of hydrogen-bond donors (Lipinski definition) is 1. The van der Waals surface area contributed by atoms with Gasteiger partial charge < -0.3 is 15.0 Å². The summed E-state index contributed by atoms with van der Waals surface area (Å²) in [5.74, 6) is -0.0490. The van der Waals surface area contributed by atoms with Crippen LogP contribution in [0, 0.1) is 11.3 Å². The Kier molecular flexibility index (Phi) is 8.57. The number of methoxy groups -OCH3 is 1. The molecule has 0 saturated carbocycles. The molecule has 152 valence electrons. The number of anilines is 2. The Morgan fingerprint density at radius 3 is 2.38 bits per heavy atom. The van der Waals surface area contributed by atoms with Crippen molar-refractivity contribution >= 4 is 35.0 Å². The zero-order valence-electron chi connectivity index (χ0n) is 17.0. The molecule has 6 heteroatoms. The lowest BCUT2D eigenvalue weighted by Gasteiger charge is -2.23. The zero-order valence-corrected chi connectivity index (χ0v) is 17.8. The van der Waals surface area contributed by atoms with Crippen molar-refractivity contribution in [3.05, 3.63) is 58.6 Å². The standard InChI is InChI=1S/C23H26ClN3O2/c1-4-12-27(13-5-2)20-9-6-17(7-10-20)14-18(16-25)23(28)26-21-15-19(24)8-11-22(21)29-3/h6-11,14-15H,4-5,12-13H2,1-3H3,(H,26,28)/b18-14+. The van der Waals surface area contributed by atoms with Crippen LogP contribution in [0.25, 0.3) is 6.08 Å². The SMILES string of the molecule is CCCN(CCC)c1ccc(/C=C(\C#N)C(=O)Nc2cc(Cl)ccc2OC)cc1. The van der Waals surface area contributed by atoms with Crippen molar-refractivity contribution in [3.8, 4) is 11.8 Å². The zero-order chi connectivity index (χ0) is 21.2. The third kappa shape index (κ3) is 6.27. The fourth-order valence-electron chi connectivity index (χ4n) is 2.97. The Morgan fingerprint density at radius 2 is 1.83 bits per heavy atom. The molecule has 2 rings (SSSR count). The molecule has 0 aliphatic carbocycles. The summed E-state index contributed by atoms with van der Waals surface area (Å²) >= 11 is 6.00. The molecule has 1 amide bonds. The second-order valence-corrected chi connectivity index (χ2v) is 6.98. The molecule has 0 fully saturated rings. The van der Waals surface area contributed by atoms with Gasteiger partial charge in [-0.05, 0) is 54.8 Å². The number of nitrogens with zero attached hydrogens (tertiary/aromatic N) is 2. The molecule has 0 spiro atoms. The van der Waals surface area contributed by atoms with Crippen LogP contribution in [0.3, 0.4) is 0 Å². The molecule has 0 saturated heterocycles. The number of nitriles is 1. The topological polar surface area (TPSA) is 65.4 Å². The van der Waals surface area contributed by atoms with E-state index in [0.29, 0.717) is 16.5 Å². The van der Waals surface area contributed by atoms with Crippen molar-refractivity contribution in [3.63, 3.8) is 0 Å². The molecule has 0 heterocycles. The molecule has 0 atom stereocenters. The Balaban J connectivity index is 2.20. The van der Waals surface area contributed by atoms with Gasteiger partial charge in [0.25, 0.3) is 5.91 Å². The highest BCUT2D eigenvalue weighted by molar-refractivity contribution is 6.31. The third-order valence-electron chi connectivity index (χ3n) is 4.33. The van der Waals surface area contributed by atoms with E-state index < -0.39 is 5.91 Å². The summed E-state index contributed by atoms with van der Waals surface area (Å²) in [5.41, 5.74) is 2.33. The highest BCUT2D eigenvalue weighted by Gasteiger charge is 2.13. The molecule has 2 aromatic rings. The number of rotatable bonds is 9. The minimum atomic E-state index is -0.518. The molecule has 0 radical (unpaired) electrons. The lowest BCUT2D eigenvalue weighted by atomic mass is 10.1. The minimum Gasteiger partial charge on any atom is -0.495 e. The molecule has 0 aliphatic heterocycles. The Morgan fingerprint density at radius 1 is 1.17 bits per heavy atom. The van der Waals surface area contributed by atoms with E-state index in [0.717, 1.165) is 37.2 Å². The number of hydrogen-bond acceptors (Lipinski definition) is 4. The van der Waals surface area contributed by atoms with Gasteiger partial charge >= 0.3 is 0 Å². The van der Waals surface area contributed by atoms with Crippen molar-refractivity contribution in [1.29, 1.82) is 5.26 Å². The fraction of sp³-hybridized carbons (Fsp3) is 0.304. The summed E-state index contributed by atoms with van der Waals surface area (Å²) in [6.07, 6.45) is 3.72. The molecule has 0 aliphatic rings. The number of amides is 1. The number of carbonyl (C=O) groups is 1. The number of benzene rings is 2. The van der Waals surface area contributed by atoms with Gasteiger partial charge in [0, 0.05) is 23.8 Å². The van der Waals surface area contributed by atoms with Crippen LogP contribution in [0.1, 0.15) is 32.3 Å². The number of carbonyl (C=O) groups excluding carboxylic acids is 1. The van der Waals surface area contributed by atoms with Gasteiger partial charge in [0.15, 0.2) is 0 Å². The summed E-state index contributed by atoms with van der Waals surface area (Å²) in [6.45, 7) is 6.31. The lowest BCUT2D eigenvalue weighted by Crippen LogP contribution is -2.24. The van der Waals surface area contributed by atoms with Crippen LogP contribution in [-0.2, 0) is 4.79 Å². The van der Waals surface area contributed by atoms with E-state index in [1.165, 1.54) is 7.11 Å². The Bertz CT molecular complexity index is 895. The quantitative estimate of drug-likeness (QED) is 0.435. The molecular weight excluding hydrogens is 386 g/mol. The Labute approximate surface area is 177 Å². The van der Waals surface area contributed by atoms with Crippen LogP contribution in [0.15, 0.2) is 48.0 Å². The predicted octanol–water partition coefficient (Wildman–Crippen LogP) is 5.52. The number of halogens is 1. The van der Waals surface area contributed by atoms with Gasteiger partial charge in [-0.2, -0.15) is 5.26 Å². The minimum absolute atomic E-state index is 0.00116. The predicted molar refractivity (Wildman–Crippen MR) is 119 cm³/mol. The first kappa shape index (κ1) is 22.3. The van der Waals surface area contributed by atoms with Crippen LogP contribution in [-0.4, -0.2) is 26.1 Å². The maximum Gasteiger partial charge on any atom is 0.266 e. The first-order valence-electron chi connectivity index (χ1n) is 9.64. The molecule has 0 aromatic heterocycles. The average Bonchev–Trinajstić information content (AvgIpc) is 2.72. The molecule has 2 aromatic carbocycles. The van der Waals surface area contributed by atoms with Gasteiger partial charge in [0.2, 0.25) is 0 Å². The fourth-order valence-corrected chi connectivity index (χ4v) is 3.15. The van der Waals surface area contributed by atoms with Crippen molar-refractivity contribution in [2.75, 3.05) is 30.4 Å². The van der Waals surface area contributed by atoms with Gasteiger partial charge in [-0.15, -0.1) is 0 Å². The highest BCUT2D eigenvalue weighted by atomic mass is 35.5. The maximum absolute atomic E-state index is 12.6. The van der Waals surface area contributed by atoms with Crippen LogP contribution >= 0.6 is 11.6 Å². The van der Waals surface area contributed by atoms with Crippen LogP contribution in [0.4, 0.5) is 11.4 Å². The van der Waals surface area contributed by atoms with Gasteiger partial charge in [-0.25, -0.2) is 0 Å². The van der Waals surface area contributed by atoms with Crippen LogP contribution in [0.5, 0.6) is 5.75 Å². The van der Waals surface area contributed by atoms with E-state index >= 15 is 0 Å². The molecule has 0 bridgehead atoms. The molecule has 5 nitrogen and oxygen atoms in total. The van der Waals surface area contributed by atoms with Crippen LogP contribution in [0.2, 0.25) is 5.02 Å². The third-order valence-corrected chi connectivity index (χ3v) is 4.57. The average molecular weight is 412 g/mol. The molecule has 0 unspecified atom stereocenters. The monoisotopic (exact) mass is 411 g/mol. The smallest absolute Gasteiger partial charge is 0.266 e. The summed E-state index contributed by atoms with van der Waals surface area (Å²) in [4.78, 5) is 14.9. The van der Waals surface area contributed by atoms with Gasteiger partial charge in [-0.1, -0.05) is 37.6 Å². The van der Waals surface area contributed by atoms with E-state index in [1.807, 2.05) is 30.3 Å². The number of nitrogens with one attached hydrogen (secondary N) is 1. The van der Waals surface area contributed by atoms with E-state index in [4.69, 9.17) is 16.3 Å². The Hall–Kier alpha value is -2.97. The van der Waals surface area contributed by atoms with Gasteiger partial charge in [0.05, 0.1) is 12.8 Å². The summed E-state index contributed by atoms with van der Waals surface area (Å²) in [5, 5.41) is 12.6. The van der Waals surface area contributed by atoms with E-state index in [2.05, 4.69) is 24.1 Å². The number of ether oxygens (including phenoxy) is 1. The van der Waals surface area contributed by atoms with Crippen LogP contribution < -0.4 is 15.0 Å². The first-order chi connectivity index (χ1) is 14.0. The lowest BCUT2D eigenvalue weighted by molar-refractivity contribution is -0.112. The van der Waals surface area contributed by atoms with Gasteiger partial charge in [-0.3, -0.25) is 4.79 Å². The van der Waals surface area contributed by atoms with Crippen molar-refractivity contribution in [1.82, 2.24) is 0 Å². The summed E-state index contributed by atoms with van der Waals surface area (Å²) in [6, 6.07) is 14.7. The van der Waals surface area contributed by atoms with Crippen molar-refractivity contribution in [2.45, 2.75) is 26.7 Å². The summed E-state index contributed by atoms with van der Waals surface area (Å²) < 4.78 is 5.23. The molecule has 1 N–H and O–H groups in total. The second kappa shape index (κ2) is 11.1. The maximum atomic E-state index is 12.6. The van der Waals surface area contributed by atoms with E-state index in [9.17, 15) is 10.1 Å². The van der Waals surface area contributed by atoms with Crippen molar-refractivity contribution < 1.29 is 9.53 Å².